The number of hydrogen-bond acceptors (Lipinski definition) is 3. The molecule has 0 radical (unpaired) electrons. The minimum Gasteiger partial charge on any atom is -0.317 e. The fraction of sp³-hybridized carbons (Fsp3) is 0.571. The molecule has 0 aromatic heterocycles. The highest BCUT2D eigenvalue weighted by atomic mass is 16.5. The van der Waals surface area contributed by atoms with Crippen molar-refractivity contribution in [3.63, 3.8) is 0 Å². The number of nitrogens with zero attached hydrogens (tertiary/aromatic N) is 1. The minimum atomic E-state index is 0.107. The zero-order valence-corrected chi connectivity index (χ0v) is 10.9. The van der Waals surface area contributed by atoms with Crippen molar-refractivity contribution < 1.29 is 5.21 Å². The zero-order valence-electron chi connectivity index (χ0n) is 10.9. The van der Waals surface area contributed by atoms with E-state index in [4.69, 9.17) is 5.21 Å². The second-order valence-electron chi connectivity index (χ2n) is 4.60. The summed E-state index contributed by atoms with van der Waals surface area (Å²) in [6.45, 7) is 7.09. The highest BCUT2D eigenvalue weighted by molar-refractivity contribution is 5.14. The molecule has 1 aromatic rings. The Morgan fingerprint density at radius 3 is 2.59 bits per heavy atom. The van der Waals surface area contributed by atoms with Crippen molar-refractivity contribution >= 4 is 0 Å². The lowest BCUT2D eigenvalue weighted by atomic mass is 10.2. The first-order valence-corrected chi connectivity index (χ1v) is 6.42. The summed E-state index contributed by atoms with van der Waals surface area (Å²) in [6.07, 6.45) is 2.40. The van der Waals surface area contributed by atoms with Crippen molar-refractivity contribution in [2.45, 2.75) is 39.3 Å². The summed E-state index contributed by atoms with van der Waals surface area (Å²) < 4.78 is 0. The Balaban J connectivity index is 2.50. The van der Waals surface area contributed by atoms with Crippen LogP contribution >= 0.6 is 0 Å². The quantitative estimate of drug-likeness (QED) is 0.681. The normalized spacial score (nSPS) is 12.9. The lowest BCUT2D eigenvalue weighted by Gasteiger charge is -2.25. The number of hydroxylamine groups is 1. The predicted octanol–water partition coefficient (Wildman–Crippen LogP) is 2.66. The number of unbranched alkanes of at least 4 members (excludes halogenated alkanes) is 1. The van der Waals surface area contributed by atoms with E-state index in [0.29, 0.717) is 0 Å². The Hall–Kier alpha value is -0.900. The van der Waals surface area contributed by atoms with E-state index in [1.807, 2.05) is 13.0 Å². The fourth-order valence-electron chi connectivity index (χ4n) is 1.89. The number of benzene rings is 1. The van der Waals surface area contributed by atoms with Gasteiger partial charge in [0, 0.05) is 19.1 Å². The molecule has 0 aliphatic carbocycles. The van der Waals surface area contributed by atoms with Gasteiger partial charge in [-0.1, -0.05) is 43.7 Å². The third-order valence-corrected chi connectivity index (χ3v) is 2.83. The molecule has 0 spiro atoms. The standard InChI is InChI=1S/C14H24N2O/c1-3-4-10-16(11-13(2)15-17)12-14-8-6-5-7-9-14/h5-9,13,15,17H,3-4,10-12H2,1-2H3. The van der Waals surface area contributed by atoms with Crippen LogP contribution in [0.4, 0.5) is 0 Å². The second-order valence-corrected chi connectivity index (χ2v) is 4.60. The van der Waals surface area contributed by atoms with Gasteiger partial charge >= 0.3 is 0 Å². The van der Waals surface area contributed by atoms with E-state index in [9.17, 15) is 0 Å². The van der Waals surface area contributed by atoms with Crippen molar-refractivity contribution in [1.29, 1.82) is 0 Å². The van der Waals surface area contributed by atoms with Crippen LogP contribution in [0.1, 0.15) is 32.3 Å². The van der Waals surface area contributed by atoms with Crippen LogP contribution < -0.4 is 5.48 Å². The molecular weight excluding hydrogens is 212 g/mol. The summed E-state index contributed by atoms with van der Waals surface area (Å²) >= 11 is 0. The largest absolute Gasteiger partial charge is 0.317 e. The third kappa shape index (κ3) is 5.82. The third-order valence-electron chi connectivity index (χ3n) is 2.83. The van der Waals surface area contributed by atoms with E-state index in [1.165, 1.54) is 18.4 Å². The maximum atomic E-state index is 8.90. The van der Waals surface area contributed by atoms with Crippen LogP contribution in [0.25, 0.3) is 0 Å². The monoisotopic (exact) mass is 236 g/mol. The molecule has 1 unspecified atom stereocenters. The van der Waals surface area contributed by atoms with Crippen LogP contribution in [0.2, 0.25) is 0 Å². The average molecular weight is 236 g/mol. The van der Waals surface area contributed by atoms with Gasteiger partial charge in [-0.05, 0) is 25.5 Å². The summed E-state index contributed by atoms with van der Waals surface area (Å²) in [7, 11) is 0. The molecular formula is C14H24N2O. The van der Waals surface area contributed by atoms with Gasteiger partial charge in [-0.2, -0.15) is 0 Å². The lowest BCUT2D eigenvalue weighted by molar-refractivity contribution is 0.105. The molecule has 3 nitrogen and oxygen atoms in total. The predicted molar refractivity (Wildman–Crippen MR) is 71.0 cm³/mol. The first-order chi connectivity index (χ1) is 8.26. The Labute approximate surface area is 104 Å². The van der Waals surface area contributed by atoms with E-state index in [2.05, 4.69) is 41.6 Å². The van der Waals surface area contributed by atoms with Crippen LogP contribution in [0, 0.1) is 0 Å². The van der Waals surface area contributed by atoms with Gasteiger partial charge in [-0.15, -0.1) is 0 Å². The molecule has 0 bridgehead atoms. The summed E-state index contributed by atoms with van der Waals surface area (Å²) in [4.78, 5) is 2.38. The number of hydrogen-bond donors (Lipinski definition) is 2. The van der Waals surface area contributed by atoms with Gasteiger partial charge in [0.05, 0.1) is 0 Å². The molecule has 0 aliphatic heterocycles. The summed E-state index contributed by atoms with van der Waals surface area (Å²) in [5.41, 5.74) is 3.64. The SMILES string of the molecule is CCCCN(Cc1ccccc1)CC(C)NO. The average Bonchev–Trinajstić information content (AvgIpc) is 2.37. The summed E-state index contributed by atoms with van der Waals surface area (Å²) in [6, 6.07) is 10.6. The molecule has 0 heterocycles. The van der Waals surface area contributed by atoms with Gasteiger partial charge in [0.1, 0.15) is 0 Å². The highest BCUT2D eigenvalue weighted by Crippen LogP contribution is 2.06. The van der Waals surface area contributed by atoms with Gasteiger partial charge in [0.25, 0.3) is 0 Å². The fourth-order valence-corrected chi connectivity index (χ4v) is 1.89. The summed E-state index contributed by atoms with van der Waals surface area (Å²) in [5, 5.41) is 8.90. The van der Waals surface area contributed by atoms with Crippen molar-refractivity contribution in [2.75, 3.05) is 13.1 Å². The molecule has 1 atom stereocenters. The minimum absolute atomic E-state index is 0.107. The Bertz CT molecular complexity index is 290. The molecule has 1 aromatic carbocycles. The van der Waals surface area contributed by atoms with Gasteiger partial charge in [0.2, 0.25) is 0 Å². The summed E-state index contributed by atoms with van der Waals surface area (Å²) in [5.74, 6) is 0. The molecule has 1 rings (SSSR count). The van der Waals surface area contributed by atoms with Crippen LogP contribution in [0.3, 0.4) is 0 Å². The van der Waals surface area contributed by atoms with Crippen LogP contribution in [-0.4, -0.2) is 29.2 Å². The molecule has 96 valence electrons. The van der Waals surface area contributed by atoms with Gasteiger partial charge in [0.15, 0.2) is 0 Å². The first-order valence-electron chi connectivity index (χ1n) is 6.42. The van der Waals surface area contributed by atoms with Gasteiger partial charge in [-0.25, -0.2) is 5.48 Å². The Morgan fingerprint density at radius 1 is 1.29 bits per heavy atom. The van der Waals surface area contributed by atoms with Gasteiger partial charge < -0.3 is 5.21 Å². The van der Waals surface area contributed by atoms with E-state index in [0.717, 1.165) is 19.6 Å². The molecule has 17 heavy (non-hydrogen) atoms. The molecule has 0 saturated carbocycles. The van der Waals surface area contributed by atoms with Crippen LogP contribution in [-0.2, 0) is 6.54 Å². The molecule has 2 N–H and O–H groups in total. The van der Waals surface area contributed by atoms with Crippen LogP contribution in [0.5, 0.6) is 0 Å². The van der Waals surface area contributed by atoms with E-state index in [1.54, 1.807) is 0 Å². The van der Waals surface area contributed by atoms with Crippen molar-refractivity contribution in [2.24, 2.45) is 0 Å². The lowest BCUT2D eigenvalue weighted by Crippen LogP contribution is -2.38. The number of nitrogens with one attached hydrogen (secondary N) is 1. The van der Waals surface area contributed by atoms with Crippen molar-refractivity contribution in [1.82, 2.24) is 10.4 Å². The van der Waals surface area contributed by atoms with Gasteiger partial charge in [-0.3, -0.25) is 4.90 Å². The van der Waals surface area contributed by atoms with E-state index >= 15 is 0 Å². The smallest absolute Gasteiger partial charge is 0.0418 e. The second kappa shape index (κ2) is 8.23. The highest BCUT2D eigenvalue weighted by Gasteiger charge is 2.09. The first kappa shape index (κ1) is 14.2. The maximum absolute atomic E-state index is 8.90. The van der Waals surface area contributed by atoms with E-state index in [-0.39, 0.29) is 6.04 Å². The zero-order chi connectivity index (χ0) is 12.5. The Kier molecular flexibility index (Phi) is 6.86. The number of rotatable bonds is 8. The topological polar surface area (TPSA) is 35.5 Å². The Morgan fingerprint density at radius 2 is 2.00 bits per heavy atom. The molecule has 0 fully saturated rings. The van der Waals surface area contributed by atoms with E-state index < -0.39 is 0 Å². The van der Waals surface area contributed by atoms with Crippen molar-refractivity contribution in [3.05, 3.63) is 35.9 Å². The van der Waals surface area contributed by atoms with Crippen molar-refractivity contribution in [3.8, 4) is 0 Å². The molecule has 0 saturated heterocycles. The maximum Gasteiger partial charge on any atom is 0.0418 e. The molecule has 0 aliphatic rings. The molecule has 0 amide bonds. The van der Waals surface area contributed by atoms with Crippen LogP contribution in [0.15, 0.2) is 30.3 Å². The molecule has 3 heteroatoms.